The van der Waals surface area contributed by atoms with Crippen LogP contribution in [-0.2, 0) is 6.18 Å². The molecular formula is C53H34F3NO2. The zero-order valence-corrected chi connectivity index (χ0v) is 31.8. The van der Waals surface area contributed by atoms with Gasteiger partial charge in [-0.1, -0.05) is 157 Å². The third kappa shape index (κ3) is 5.99. The van der Waals surface area contributed by atoms with E-state index >= 15 is 4.79 Å². The predicted molar refractivity (Wildman–Crippen MR) is 228 cm³/mol. The largest absolute Gasteiger partial charge is 0.417 e. The van der Waals surface area contributed by atoms with Gasteiger partial charge in [-0.2, -0.15) is 13.2 Å². The van der Waals surface area contributed by atoms with E-state index in [-0.39, 0.29) is 5.56 Å². The van der Waals surface area contributed by atoms with Crippen molar-refractivity contribution in [2.75, 3.05) is 4.90 Å². The van der Waals surface area contributed by atoms with E-state index in [1.165, 1.54) is 17.0 Å². The van der Waals surface area contributed by atoms with Crippen molar-refractivity contribution in [3.63, 3.8) is 0 Å². The Bertz CT molecular complexity index is 2910. The van der Waals surface area contributed by atoms with Crippen LogP contribution in [0.25, 0.3) is 55.6 Å². The number of amides is 2. The number of aryl methyl sites for hydroxylation is 1. The Morgan fingerprint density at radius 3 is 1.61 bits per heavy atom. The van der Waals surface area contributed by atoms with Gasteiger partial charge in [-0.05, 0) is 98.5 Å². The monoisotopic (exact) mass is 773 g/mol. The number of halogens is 3. The molecular weight excluding hydrogens is 740 g/mol. The molecule has 59 heavy (non-hydrogen) atoms. The molecule has 1 unspecified atom stereocenters. The molecule has 8 aromatic rings. The average Bonchev–Trinajstić information content (AvgIpc) is 3.73. The topological polar surface area (TPSA) is 37.4 Å². The van der Waals surface area contributed by atoms with Gasteiger partial charge in [-0.25, -0.2) is 4.90 Å². The first kappa shape index (κ1) is 36.1. The Labute approximate surface area is 339 Å². The summed E-state index contributed by atoms with van der Waals surface area (Å²) in [5, 5.41) is 0. The number of carbonyl (C=O) groups is 2. The standard InChI is InChI=1S/C53H34F3NO2/c1-32-24-26-38(47(28-32)53(54,55)56)36-25-27-41-46(29-36)39-20-11-12-21-40(39)48(41)42-22-13-23-43-49(42)52(59)57(51(43)58)50-44(34-16-7-3-8-17-34)30-37(33-14-5-2-6-15-33)31-45(50)35-18-9-4-10-19-35/h2-31,48H,1H3. The highest BCUT2D eigenvalue weighted by Crippen LogP contribution is 2.53. The number of benzene rings is 8. The average molecular weight is 774 g/mol. The lowest BCUT2D eigenvalue weighted by molar-refractivity contribution is -0.137. The van der Waals surface area contributed by atoms with E-state index in [0.717, 1.165) is 55.6 Å². The third-order valence-corrected chi connectivity index (χ3v) is 11.6. The van der Waals surface area contributed by atoms with Crippen molar-refractivity contribution in [1.29, 1.82) is 0 Å². The summed E-state index contributed by atoms with van der Waals surface area (Å²) in [7, 11) is 0. The van der Waals surface area contributed by atoms with E-state index in [4.69, 9.17) is 0 Å². The number of alkyl halides is 3. The lowest BCUT2D eigenvalue weighted by atomic mass is 9.84. The lowest BCUT2D eigenvalue weighted by Gasteiger charge is -2.24. The minimum absolute atomic E-state index is 0.102. The van der Waals surface area contributed by atoms with Gasteiger partial charge < -0.3 is 0 Å². The Balaban J connectivity index is 1.16. The minimum Gasteiger partial charge on any atom is -0.268 e. The van der Waals surface area contributed by atoms with Crippen LogP contribution >= 0.6 is 0 Å². The van der Waals surface area contributed by atoms with Gasteiger partial charge in [0.1, 0.15) is 0 Å². The number of fused-ring (bicyclic) bond motifs is 4. The van der Waals surface area contributed by atoms with Crippen LogP contribution in [0.4, 0.5) is 18.9 Å². The van der Waals surface area contributed by atoms with Crippen LogP contribution in [-0.4, -0.2) is 11.8 Å². The SMILES string of the molecule is Cc1ccc(-c2ccc3c(c2)-c2ccccc2C3c2cccc3c2C(=O)N(c2c(-c4ccccc4)cc(-c4ccccc4)cc2-c2ccccc2)C3=O)c(C(F)(F)F)c1. The first-order valence-corrected chi connectivity index (χ1v) is 19.4. The number of nitrogens with zero attached hydrogens (tertiary/aromatic N) is 1. The fraction of sp³-hybridized carbons (Fsp3) is 0.0566. The summed E-state index contributed by atoms with van der Waals surface area (Å²) in [4.78, 5) is 31.6. The van der Waals surface area contributed by atoms with Crippen molar-refractivity contribution in [3.05, 3.63) is 221 Å². The smallest absolute Gasteiger partial charge is 0.268 e. The van der Waals surface area contributed by atoms with Crippen molar-refractivity contribution in [3.8, 4) is 55.6 Å². The van der Waals surface area contributed by atoms with Gasteiger partial charge in [-0.3, -0.25) is 9.59 Å². The molecule has 8 aromatic carbocycles. The Morgan fingerprint density at radius 2 is 0.966 bits per heavy atom. The summed E-state index contributed by atoms with van der Waals surface area (Å²) >= 11 is 0. The fourth-order valence-corrected chi connectivity index (χ4v) is 8.95. The van der Waals surface area contributed by atoms with Crippen LogP contribution in [0.3, 0.4) is 0 Å². The summed E-state index contributed by atoms with van der Waals surface area (Å²) < 4.78 is 43.0. The molecule has 1 aliphatic carbocycles. The molecule has 0 aromatic heterocycles. The van der Waals surface area contributed by atoms with Gasteiger partial charge in [0.25, 0.3) is 11.8 Å². The molecule has 3 nitrogen and oxygen atoms in total. The molecule has 0 saturated carbocycles. The van der Waals surface area contributed by atoms with Gasteiger partial charge in [0.15, 0.2) is 0 Å². The number of hydrogen-bond acceptors (Lipinski definition) is 2. The van der Waals surface area contributed by atoms with Gasteiger partial charge >= 0.3 is 6.18 Å². The molecule has 0 N–H and O–H groups in total. The molecule has 2 aliphatic rings. The predicted octanol–water partition coefficient (Wildman–Crippen LogP) is 13.6. The highest BCUT2D eigenvalue weighted by Gasteiger charge is 2.44. The van der Waals surface area contributed by atoms with E-state index in [1.54, 1.807) is 25.1 Å². The van der Waals surface area contributed by atoms with Crippen molar-refractivity contribution < 1.29 is 22.8 Å². The normalized spacial score (nSPS) is 14.3. The first-order chi connectivity index (χ1) is 28.7. The van der Waals surface area contributed by atoms with E-state index in [9.17, 15) is 18.0 Å². The molecule has 0 radical (unpaired) electrons. The number of rotatable bonds is 6. The van der Waals surface area contributed by atoms with Crippen LogP contribution in [0.15, 0.2) is 182 Å². The van der Waals surface area contributed by atoms with Gasteiger partial charge in [0, 0.05) is 17.0 Å². The molecule has 1 heterocycles. The van der Waals surface area contributed by atoms with E-state index in [0.29, 0.717) is 33.5 Å². The van der Waals surface area contributed by atoms with Gasteiger partial charge in [0.05, 0.1) is 22.4 Å². The summed E-state index contributed by atoms with van der Waals surface area (Å²) in [5.74, 6) is -1.31. The quantitative estimate of drug-likeness (QED) is 0.158. The number of carbonyl (C=O) groups excluding carboxylic acids is 2. The summed E-state index contributed by atoms with van der Waals surface area (Å²) in [6.45, 7) is 1.65. The second-order valence-corrected chi connectivity index (χ2v) is 15.1. The summed E-state index contributed by atoms with van der Waals surface area (Å²) in [6.07, 6.45) is -4.53. The first-order valence-electron chi connectivity index (χ1n) is 19.4. The lowest BCUT2D eigenvalue weighted by Crippen LogP contribution is -2.31. The van der Waals surface area contributed by atoms with Gasteiger partial charge in [-0.15, -0.1) is 0 Å². The molecule has 1 aliphatic heterocycles. The van der Waals surface area contributed by atoms with E-state index in [2.05, 4.69) is 12.1 Å². The zero-order chi connectivity index (χ0) is 40.4. The van der Waals surface area contributed by atoms with Crippen molar-refractivity contribution in [2.45, 2.75) is 19.0 Å². The molecule has 284 valence electrons. The highest BCUT2D eigenvalue weighted by molar-refractivity contribution is 6.37. The maximum absolute atomic E-state index is 15.3. The van der Waals surface area contributed by atoms with E-state index < -0.39 is 29.5 Å². The molecule has 10 rings (SSSR count). The molecule has 0 saturated heterocycles. The second-order valence-electron chi connectivity index (χ2n) is 15.1. The van der Waals surface area contributed by atoms with Crippen molar-refractivity contribution in [1.82, 2.24) is 0 Å². The fourth-order valence-electron chi connectivity index (χ4n) is 8.95. The number of anilines is 1. The zero-order valence-electron chi connectivity index (χ0n) is 31.8. The molecule has 0 bridgehead atoms. The summed E-state index contributed by atoms with van der Waals surface area (Å²) in [5.41, 5.74) is 10.7. The number of imide groups is 1. The van der Waals surface area contributed by atoms with Crippen molar-refractivity contribution >= 4 is 17.5 Å². The molecule has 0 spiro atoms. The maximum atomic E-state index is 15.3. The Morgan fingerprint density at radius 1 is 0.424 bits per heavy atom. The Kier molecular flexibility index (Phi) is 8.53. The third-order valence-electron chi connectivity index (χ3n) is 11.6. The van der Waals surface area contributed by atoms with E-state index in [1.807, 2.05) is 140 Å². The summed E-state index contributed by atoms with van der Waals surface area (Å²) in [6, 6.07) is 56.8. The maximum Gasteiger partial charge on any atom is 0.417 e. The minimum atomic E-state index is -4.53. The highest BCUT2D eigenvalue weighted by atomic mass is 19.4. The van der Waals surface area contributed by atoms with Crippen LogP contribution in [0, 0.1) is 6.92 Å². The van der Waals surface area contributed by atoms with Gasteiger partial charge in [0.2, 0.25) is 0 Å². The van der Waals surface area contributed by atoms with Crippen LogP contribution in [0.1, 0.15) is 54.5 Å². The molecule has 2 amide bonds. The number of hydrogen-bond donors (Lipinski definition) is 0. The molecule has 6 heteroatoms. The second kappa shape index (κ2) is 14.0. The van der Waals surface area contributed by atoms with Crippen molar-refractivity contribution in [2.24, 2.45) is 0 Å². The van der Waals surface area contributed by atoms with Crippen LogP contribution < -0.4 is 4.90 Å². The molecule has 1 atom stereocenters. The van der Waals surface area contributed by atoms with Crippen LogP contribution in [0.2, 0.25) is 0 Å². The molecule has 0 fully saturated rings. The Hall–Kier alpha value is -7.31. The van der Waals surface area contributed by atoms with Crippen LogP contribution in [0.5, 0.6) is 0 Å².